The van der Waals surface area contributed by atoms with Gasteiger partial charge in [-0.3, -0.25) is 15.1 Å². The van der Waals surface area contributed by atoms with E-state index in [0.717, 1.165) is 16.2 Å². The lowest BCUT2D eigenvalue weighted by Gasteiger charge is -2.25. The van der Waals surface area contributed by atoms with Crippen LogP contribution in [0.2, 0.25) is 0 Å². The van der Waals surface area contributed by atoms with Gasteiger partial charge in [-0.1, -0.05) is 0 Å². The second kappa shape index (κ2) is 6.49. The molecule has 0 amide bonds. The number of ether oxygens (including phenoxy) is 3. The molecule has 0 spiro atoms. The van der Waals surface area contributed by atoms with Crippen molar-refractivity contribution in [3.8, 4) is 11.5 Å². The molecular formula is C15H19NO5. The largest absolute Gasteiger partial charge is 0.493 e. The predicted molar refractivity (Wildman–Crippen MR) is 76.1 cm³/mol. The van der Waals surface area contributed by atoms with Gasteiger partial charge in [0.25, 0.3) is 0 Å². The summed E-state index contributed by atoms with van der Waals surface area (Å²) in [7, 11) is 3.11. The molecule has 1 aromatic rings. The molecule has 0 fully saturated rings. The van der Waals surface area contributed by atoms with E-state index in [-0.39, 0.29) is 12.4 Å². The predicted octanol–water partition coefficient (Wildman–Crippen LogP) is 2.20. The zero-order valence-corrected chi connectivity index (χ0v) is 12.4. The van der Waals surface area contributed by atoms with Gasteiger partial charge in [0.05, 0.1) is 33.8 Å². The summed E-state index contributed by atoms with van der Waals surface area (Å²) in [6, 6.07) is 3.61. The van der Waals surface area contributed by atoms with Gasteiger partial charge >= 0.3 is 5.97 Å². The molecule has 1 aliphatic heterocycles. The number of nitrogens with zero attached hydrogens (tertiary/aromatic N) is 1. The highest BCUT2D eigenvalue weighted by molar-refractivity contribution is 5.87. The highest BCUT2D eigenvalue weighted by atomic mass is 16.5. The Hall–Kier alpha value is -2.21. The summed E-state index contributed by atoms with van der Waals surface area (Å²) in [5, 5.41) is 10.8. The van der Waals surface area contributed by atoms with Crippen LogP contribution in [0.4, 0.5) is 0 Å². The fourth-order valence-corrected chi connectivity index (χ4v) is 2.33. The first-order chi connectivity index (χ1) is 10.1. The van der Waals surface area contributed by atoms with Gasteiger partial charge in [-0.2, -0.15) is 0 Å². The summed E-state index contributed by atoms with van der Waals surface area (Å²) in [5.74, 6) is 0.833. The summed E-state index contributed by atoms with van der Waals surface area (Å²) in [6.07, 6.45) is 1.62. The molecule has 6 heteroatoms. The van der Waals surface area contributed by atoms with Crippen LogP contribution < -0.4 is 9.47 Å². The number of hydrogen-bond acceptors (Lipinski definition) is 6. The number of hydrogen-bond donors (Lipinski definition) is 1. The first-order valence-electron chi connectivity index (χ1n) is 6.66. The van der Waals surface area contributed by atoms with E-state index in [4.69, 9.17) is 14.2 Å². The molecule has 0 saturated carbocycles. The van der Waals surface area contributed by atoms with Crippen molar-refractivity contribution in [2.24, 2.45) is 0 Å². The Balaban J connectivity index is 2.39. The number of rotatable bonds is 5. The topological polar surface area (TPSA) is 68.2 Å². The van der Waals surface area contributed by atoms with Gasteiger partial charge in [0, 0.05) is 6.20 Å². The van der Waals surface area contributed by atoms with Crippen LogP contribution in [0.15, 0.2) is 18.3 Å². The highest BCUT2D eigenvalue weighted by Crippen LogP contribution is 2.37. The van der Waals surface area contributed by atoms with E-state index in [1.165, 1.54) is 6.20 Å². The van der Waals surface area contributed by atoms with Crippen molar-refractivity contribution in [1.82, 2.24) is 5.06 Å². The highest BCUT2D eigenvalue weighted by Gasteiger charge is 2.22. The van der Waals surface area contributed by atoms with E-state index >= 15 is 0 Å². The molecule has 6 nitrogen and oxygen atoms in total. The second-order valence-electron chi connectivity index (χ2n) is 4.60. The van der Waals surface area contributed by atoms with Gasteiger partial charge in [0.15, 0.2) is 11.5 Å². The number of fused-ring (bicyclic) bond motifs is 1. The Labute approximate surface area is 123 Å². The minimum atomic E-state index is -0.334. The molecule has 0 aliphatic carbocycles. The van der Waals surface area contributed by atoms with E-state index in [2.05, 4.69) is 0 Å². The molecule has 114 valence electrons. The molecule has 1 N–H and O–H groups in total. The van der Waals surface area contributed by atoms with Gasteiger partial charge in [-0.05, 0) is 35.8 Å². The molecule has 0 radical (unpaired) electrons. The van der Waals surface area contributed by atoms with E-state index < -0.39 is 0 Å². The van der Waals surface area contributed by atoms with Crippen LogP contribution in [0.25, 0.3) is 5.57 Å². The monoisotopic (exact) mass is 293 g/mol. The van der Waals surface area contributed by atoms with Gasteiger partial charge in [0.2, 0.25) is 0 Å². The molecule has 1 aliphatic rings. The number of benzene rings is 1. The van der Waals surface area contributed by atoms with Crippen molar-refractivity contribution in [3.63, 3.8) is 0 Å². The third-order valence-corrected chi connectivity index (χ3v) is 3.23. The lowest BCUT2D eigenvalue weighted by molar-refractivity contribution is -0.141. The number of esters is 1. The molecule has 21 heavy (non-hydrogen) atoms. The zero-order chi connectivity index (χ0) is 15.4. The normalized spacial score (nSPS) is 13.3. The fraction of sp³-hybridized carbons (Fsp3) is 0.400. The molecule has 0 unspecified atom stereocenters. The molecule has 1 heterocycles. The van der Waals surface area contributed by atoms with Crippen molar-refractivity contribution >= 4 is 11.5 Å². The Kier molecular flexibility index (Phi) is 4.70. The van der Waals surface area contributed by atoms with Crippen LogP contribution in [-0.4, -0.2) is 37.1 Å². The third-order valence-electron chi connectivity index (χ3n) is 3.23. The van der Waals surface area contributed by atoms with E-state index in [1.54, 1.807) is 27.2 Å². The minimum Gasteiger partial charge on any atom is -0.493 e. The van der Waals surface area contributed by atoms with Crippen molar-refractivity contribution in [1.29, 1.82) is 0 Å². The van der Waals surface area contributed by atoms with Gasteiger partial charge < -0.3 is 14.2 Å². The van der Waals surface area contributed by atoms with E-state index in [0.29, 0.717) is 30.2 Å². The third kappa shape index (κ3) is 3.28. The summed E-state index contributed by atoms with van der Waals surface area (Å²) >= 11 is 0. The molecule has 1 aromatic carbocycles. The first-order valence-corrected chi connectivity index (χ1v) is 6.66. The molecule has 0 saturated heterocycles. The summed E-state index contributed by atoms with van der Waals surface area (Å²) in [5.41, 5.74) is 2.39. The molecule has 2 rings (SSSR count). The number of methoxy groups -OCH3 is 2. The number of hydroxylamine groups is 2. The SMILES string of the molecule is CCOC(=O)CC1=CN(O)Cc2cc(OC)c(OC)cc21. The maximum absolute atomic E-state index is 11.7. The maximum atomic E-state index is 11.7. The molecular weight excluding hydrogens is 274 g/mol. The van der Waals surface area contributed by atoms with Gasteiger partial charge in [-0.15, -0.1) is 0 Å². The van der Waals surface area contributed by atoms with Gasteiger partial charge in [-0.25, -0.2) is 0 Å². The Morgan fingerprint density at radius 2 is 1.95 bits per heavy atom. The Morgan fingerprint density at radius 1 is 1.29 bits per heavy atom. The quantitative estimate of drug-likeness (QED) is 0.839. The smallest absolute Gasteiger partial charge is 0.310 e. The zero-order valence-electron chi connectivity index (χ0n) is 12.4. The fourth-order valence-electron chi connectivity index (χ4n) is 2.33. The minimum absolute atomic E-state index is 0.0907. The van der Waals surface area contributed by atoms with Crippen molar-refractivity contribution in [3.05, 3.63) is 29.5 Å². The maximum Gasteiger partial charge on any atom is 0.310 e. The average Bonchev–Trinajstić information content (AvgIpc) is 2.46. The molecule has 0 atom stereocenters. The van der Waals surface area contributed by atoms with E-state index in [1.807, 2.05) is 6.07 Å². The van der Waals surface area contributed by atoms with Gasteiger partial charge in [0.1, 0.15) is 0 Å². The Bertz CT molecular complexity index is 567. The van der Waals surface area contributed by atoms with Crippen molar-refractivity contribution in [2.45, 2.75) is 19.9 Å². The second-order valence-corrected chi connectivity index (χ2v) is 4.60. The Morgan fingerprint density at radius 3 is 2.57 bits per heavy atom. The van der Waals surface area contributed by atoms with Crippen molar-refractivity contribution in [2.75, 3.05) is 20.8 Å². The van der Waals surface area contributed by atoms with E-state index in [9.17, 15) is 10.0 Å². The standard InChI is InChI=1S/C15H19NO5/c1-4-21-15(17)6-11-9-16(18)8-10-5-13(19-2)14(20-3)7-12(10)11/h5,7,9,18H,4,6,8H2,1-3H3. The number of carbonyl (C=O) groups excluding carboxylic acids is 1. The van der Waals surface area contributed by atoms with Crippen LogP contribution in [0.3, 0.4) is 0 Å². The van der Waals surface area contributed by atoms with Crippen LogP contribution in [0.1, 0.15) is 24.5 Å². The van der Waals surface area contributed by atoms with Crippen molar-refractivity contribution < 1.29 is 24.2 Å². The van der Waals surface area contributed by atoms with Crippen LogP contribution >= 0.6 is 0 Å². The number of carbonyl (C=O) groups is 1. The first kappa shape index (κ1) is 15.2. The molecule has 0 bridgehead atoms. The lowest BCUT2D eigenvalue weighted by Crippen LogP contribution is -2.19. The average molecular weight is 293 g/mol. The van der Waals surface area contributed by atoms with Crippen LogP contribution in [0, 0.1) is 0 Å². The van der Waals surface area contributed by atoms with Crippen LogP contribution in [-0.2, 0) is 16.1 Å². The summed E-state index contributed by atoms with van der Waals surface area (Å²) in [4.78, 5) is 11.7. The summed E-state index contributed by atoms with van der Waals surface area (Å²) in [6.45, 7) is 2.41. The van der Waals surface area contributed by atoms with Crippen LogP contribution in [0.5, 0.6) is 11.5 Å². The summed E-state index contributed by atoms with van der Waals surface area (Å²) < 4.78 is 15.5. The molecule has 0 aromatic heterocycles. The lowest BCUT2D eigenvalue weighted by atomic mass is 9.94.